The van der Waals surface area contributed by atoms with Crippen LogP contribution in [0, 0.1) is 11.8 Å². The molecule has 1 aliphatic carbocycles. The number of rotatable bonds is 6. The third kappa shape index (κ3) is 6.41. The first-order valence-electron chi connectivity index (χ1n) is 15.1. The molecule has 1 aromatic carbocycles. The number of carbonyl (C=O) groups is 3. The molecule has 232 valence electrons. The highest BCUT2D eigenvalue weighted by Gasteiger charge is 2.62. The molecule has 3 heterocycles. The molecule has 3 aliphatic rings. The predicted molar refractivity (Wildman–Crippen MR) is 160 cm³/mol. The molecule has 11 nitrogen and oxygen atoms in total. The molecule has 2 aliphatic heterocycles. The fraction of sp³-hybridized carbons (Fsp3) is 0.562. The third-order valence-electron chi connectivity index (χ3n) is 8.78. The van der Waals surface area contributed by atoms with Crippen LogP contribution in [0.5, 0.6) is 17.4 Å². The van der Waals surface area contributed by atoms with Crippen molar-refractivity contribution in [1.29, 1.82) is 0 Å². The number of nitrogens with two attached hydrogens (primary N) is 1. The number of esters is 1. The van der Waals surface area contributed by atoms with Crippen molar-refractivity contribution in [2.45, 2.75) is 76.1 Å². The quantitative estimate of drug-likeness (QED) is 0.381. The molecule has 1 saturated carbocycles. The Morgan fingerprint density at radius 2 is 2.00 bits per heavy atom. The summed E-state index contributed by atoms with van der Waals surface area (Å²) in [4.78, 5) is 46.5. The molecule has 0 spiro atoms. The van der Waals surface area contributed by atoms with Gasteiger partial charge in [0.15, 0.2) is 0 Å². The van der Waals surface area contributed by atoms with Gasteiger partial charge in [0.05, 0.1) is 38.9 Å². The van der Waals surface area contributed by atoms with Gasteiger partial charge in [-0.1, -0.05) is 19.1 Å². The Balaban J connectivity index is 1.45. The zero-order valence-electron chi connectivity index (χ0n) is 25.3. The number of pyridine rings is 1. The Morgan fingerprint density at radius 3 is 2.74 bits per heavy atom. The molecule has 6 atom stereocenters. The Hall–Kier alpha value is -3.86. The molecular weight excluding hydrogens is 552 g/mol. The summed E-state index contributed by atoms with van der Waals surface area (Å²) in [7, 11) is 2.90. The number of carbonyl (C=O) groups excluding carboxylic acids is 3. The molecule has 1 saturated heterocycles. The van der Waals surface area contributed by atoms with Crippen LogP contribution < -0.4 is 25.3 Å². The van der Waals surface area contributed by atoms with Crippen molar-refractivity contribution < 1.29 is 33.3 Å². The first kappa shape index (κ1) is 30.6. The number of hydrogen-bond acceptors (Lipinski definition) is 9. The molecule has 2 aromatic rings. The number of ether oxygens (including phenoxy) is 4. The van der Waals surface area contributed by atoms with Gasteiger partial charge in [-0.2, -0.15) is 0 Å². The Kier molecular flexibility index (Phi) is 9.10. The number of methoxy groups -OCH3 is 2. The maximum atomic E-state index is 13.8. The molecule has 43 heavy (non-hydrogen) atoms. The second kappa shape index (κ2) is 12.8. The number of amides is 2. The van der Waals surface area contributed by atoms with Gasteiger partial charge in [-0.15, -0.1) is 0 Å². The van der Waals surface area contributed by atoms with Crippen LogP contribution in [0.2, 0.25) is 0 Å². The highest BCUT2D eigenvalue weighted by molar-refractivity contribution is 5.96. The Bertz CT molecular complexity index is 1400. The number of hydrogen-bond donors (Lipinski definition) is 2. The van der Waals surface area contributed by atoms with E-state index in [1.54, 1.807) is 19.2 Å². The van der Waals surface area contributed by atoms with E-state index in [1.165, 1.54) is 12.0 Å². The van der Waals surface area contributed by atoms with Gasteiger partial charge in [0.2, 0.25) is 17.7 Å². The average Bonchev–Trinajstić information content (AvgIpc) is 3.53. The number of benzene rings is 1. The normalized spacial score (nSPS) is 29.5. The van der Waals surface area contributed by atoms with Crippen LogP contribution >= 0.6 is 0 Å². The molecular formula is C32H42N4O7. The lowest BCUT2D eigenvalue weighted by atomic mass is 9.96. The minimum Gasteiger partial charge on any atom is -0.497 e. The zero-order valence-corrected chi connectivity index (χ0v) is 25.3. The molecule has 2 fully saturated rings. The number of nitrogens with one attached hydrogen (secondary N) is 1. The van der Waals surface area contributed by atoms with Gasteiger partial charge in [-0.25, -0.2) is 9.78 Å². The van der Waals surface area contributed by atoms with Crippen molar-refractivity contribution in [2.75, 3.05) is 27.4 Å². The summed E-state index contributed by atoms with van der Waals surface area (Å²) in [5.41, 5.74) is 5.91. The van der Waals surface area contributed by atoms with E-state index in [2.05, 4.69) is 23.3 Å². The molecule has 1 unspecified atom stereocenters. The van der Waals surface area contributed by atoms with Gasteiger partial charge < -0.3 is 34.9 Å². The number of allylic oxidation sites excluding steroid dienone is 1. The fourth-order valence-electron chi connectivity index (χ4n) is 6.18. The SMILES string of the molecule is CCOc1cc(O[C@@H]2C[C@H]3C(=O)N[C@]4(C(=O)OC)CC4C=CCC[C@H](C)CC[C@H](N)C(=O)N3C2)c2ccc(OC)cc2n1. The highest BCUT2D eigenvalue weighted by Crippen LogP contribution is 2.46. The largest absolute Gasteiger partial charge is 0.497 e. The van der Waals surface area contributed by atoms with E-state index in [-0.39, 0.29) is 24.8 Å². The van der Waals surface area contributed by atoms with Crippen molar-refractivity contribution in [3.05, 3.63) is 36.4 Å². The van der Waals surface area contributed by atoms with Gasteiger partial charge in [0.25, 0.3) is 0 Å². The predicted octanol–water partition coefficient (Wildman–Crippen LogP) is 3.13. The van der Waals surface area contributed by atoms with E-state index >= 15 is 0 Å². The van der Waals surface area contributed by atoms with Gasteiger partial charge in [-0.3, -0.25) is 9.59 Å². The zero-order chi connectivity index (χ0) is 30.7. The monoisotopic (exact) mass is 594 g/mol. The lowest BCUT2D eigenvalue weighted by Gasteiger charge is -2.28. The van der Waals surface area contributed by atoms with Crippen LogP contribution in [-0.2, 0) is 19.1 Å². The first-order valence-corrected chi connectivity index (χ1v) is 15.1. The maximum absolute atomic E-state index is 13.8. The van der Waals surface area contributed by atoms with Crippen molar-refractivity contribution in [3.8, 4) is 17.4 Å². The third-order valence-corrected chi connectivity index (χ3v) is 8.78. The molecule has 0 radical (unpaired) electrons. The summed E-state index contributed by atoms with van der Waals surface area (Å²) in [5, 5.41) is 3.70. The van der Waals surface area contributed by atoms with Crippen LogP contribution in [0.15, 0.2) is 36.4 Å². The lowest BCUT2D eigenvalue weighted by molar-refractivity contribution is -0.148. The molecule has 1 aromatic heterocycles. The fourth-order valence-corrected chi connectivity index (χ4v) is 6.18. The van der Waals surface area contributed by atoms with E-state index in [0.29, 0.717) is 48.3 Å². The standard InChI is InChI=1S/C32H42N4O7/c1-5-42-28-16-27(23-12-11-21(40-3)14-25(23)34-28)43-22-15-26-29(37)35-32(31(39)41-4)17-20(32)9-7-6-8-19(2)10-13-24(33)30(38)36(26)18-22/h7,9,11-12,14,16,19-20,22,24,26H,5-6,8,10,13,15,17-18,33H2,1-4H3,(H,35,37)/t19-,20?,22+,24-,26-,32+/m0/s1. The molecule has 0 bridgehead atoms. The first-order chi connectivity index (χ1) is 20.7. The lowest BCUT2D eigenvalue weighted by Crippen LogP contribution is -2.55. The average molecular weight is 595 g/mol. The van der Waals surface area contributed by atoms with E-state index in [0.717, 1.165) is 24.6 Å². The number of nitrogens with zero attached hydrogens (tertiary/aromatic N) is 2. The van der Waals surface area contributed by atoms with E-state index in [4.69, 9.17) is 24.7 Å². The summed E-state index contributed by atoms with van der Waals surface area (Å²) in [6.07, 6.45) is 7.33. The van der Waals surface area contributed by atoms with Crippen molar-refractivity contribution in [2.24, 2.45) is 17.6 Å². The topological polar surface area (TPSA) is 142 Å². The minimum atomic E-state index is -1.14. The molecule has 11 heteroatoms. The van der Waals surface area contributed by atoms with Gasteiger partial charge in [0.1, 0.15) is 29.2 Å². The van der Waals surface area contributed by atoms with E-state index in [9.17, 15) is 14.4 Å². The Morgan fingerprint density at radius 1 is 1.19 bits per heavy atom. The van der Waals surface area contributed by atoms with E-state index in [1.807, 2.05) is 25.1 Å². The van der Waals surface area contributed by atoms with Crippen LogP contribution in [-0.4, -0.2) is 78.8 Å². The van der Waals surface area contributed by atoms with Gasteiger partial charge in [0, 0.05) is 29.9 Å². The summed E-state index contributed by atoms with van der Waals surface area (Å²) in [6.45, 7) is 4.61. The molecule has 5 rings (SSSR count). The minimum absolute atomic E-state index is 0.165. The summed E-state index contributed by atoms with van der Waals surface area (Å²) in [5.74, 6) is 0.557. The van der Waals surface area contributed by atoms with Crippen molar-refractivity contribution in [1.82, 2.24) is 15.2 Å². The van der Waals surface area contributed by atoms with Gasteiger partial charge >= 0.3 is 5.97 Å². The highest BCUT2D eigenvalue weighted by atomic mass is 16.5. The summed E-state index contributed by atoms with van der Waals surface area (Å²) < 4.78 is 22.6. The summed E-state index contributed by atoms with van der Waals surface area (Å²) in [6, 6.07) is 5.58. The molecule has 2 amide bonds. The van der Waals surface area contributed by atoms with Crippen molar-refractivity contribution >= 4 is 28.7 Å². The number of fused-ring (bicyclic) bond motifs is 3. The summed E-state index contributed by atoms with van der Waals surface area (Å²) >= 11 is 0. The van der Waals surface area contributed by atoms with E-state index < -0.39 is 35.6 Å². The van der Waals surface area contributed by atoms with Crippen LogP contribution in [0.25, 0.3) is 10.9 Å². The van der Waals surface area contributed by atoms with Crippen LogP contribution in [0.3, 0.4) is 0 Å². The number of aromatic nitrogens is 1. The van der Waals surface area contributed by atoms with Crippen LogP contribution in [0.4, 0.5) is 0 Å². The van der Waals surface area contributed by atoms with Crippen LogP contribution in [0.1, 0.15) is 52.4 Å². The maximum Gasteiger partial charge on any atom is 0.332 e. The van der Waals surface area contributed by atoms with Gasteiger partial charge in [-0.05, 0) is 57.1 Å². The smallest absolute Gasteiger partial charge is 0.332 e. The Labute approximate surface area is 252 Å². The second-order valence-electron chi connectivity index (χ2n) is 11.8. The second-order valence-corrected chi connectivity index (χ2v) is 11.8. The van der Waals surface area contributed by atoms with Crippen molar-refractivity contribution in [3.63, 3.8) is 0 Å². The molecule has 3 N–H and O–H groups in total.